The van der Waals surface area contributed by atoms with E-state index < -0.39 is 6.10 Å². The average Bonchev–Trinajstić information content (AvgIpc) is 2.74. The largest absolute Gasteiger partial charge is 0.390 e. The molecule has 3 rings (SSSR count). The second-order valence-electron chi connectivity index (χ2n) is 4.45. The first-order valence-corrected chi connectivity index (χ1v) is 6.54. The van der Waals surface area contributed by atoms with E-state index in [1.807, 2.05) is 24.3 Å². The molecule has 1 aromatic heterocycles. The minimum atomic E-state index is -0.522. The fourth-order valence-electron chi connectivity index (χ4n) is 2.46. The van der Waals surface area contributed by atoms with Gasteiger partial charge in [-0.2, -0.15) is 0 Å². The van der Waals surface area contributed by atoms with Gasteiger partial charge in [-0.25, -0.2) is 0 Å². The van der Waals surface area contributed by atoms with E-state index in [2.05, 4.69) is 28.8 Å². The van der Waals surface area contributed by atoms with E-state index in [0.717, 1.165) is 11.0 Å². The van der Waals surface area contributed by atoms with Crippen LogP contribution >= 0.6 is 11.6 Å². The van der Waals surface area contributed by atoms with E-state index >= 15 is 0 Å². The highest BCUT2D eigenvalue weighted by Crippen LogP contribution is 2.28. The Morgan fingerprint density at radius 2 is 1.44 bits per heavy atom. The molecule has 0 aliphatic heterocycles. The Kier molecular flexibility index (Phi) is 2.98. The molecule has 3 heteroatoms. The number of aromatic nitrogens is 1. The van der Waals surface area contributed by atoms with Crippen molar-refractivity contribution in [2.45, 2.75) is 12.6 Å². The number of alkyl halides is 1. The van der Waals surface area contributed by atoms with Crippen LogP contribution < -0.4 is 0 Å². The Morgan fingerprint density at radius 3 is 1.94 bits per heavy atom. The molecule has 0 radical (unpaired) electrons. The van der Waals surface area contributed by atoms with Gasteiger partial charge in [-0.1, -0.05) is 36.4 Å². The van der Waals surface area contributed by atoms with Gasteiger partial charge in [0.05, 0.1) is 18.5 Å². The lowest BCUT2D eigenvalue weighted by atomic mass is 10.2. The summed E-state index contributed by atoms with van der Waals surface area (Å²) in [5.74, 6) is 0.251. The lowest BCUT2D eigenvalue weighted by Crippen LogP contribution is -2.17. The summed E-state index contributed by atoms with van der Waals surface area (Å²) in [7, 11) is 0. The van der Waals surface area contributed by atoms with Crippen LogP contribution in [0.5, 0.6) is 0 Å². The van der Waals surface area contributed by atoms with Crippen LogP contribution in [0.4, 0.5) is 0 Å². The molecule has 2 aromatic carbocycles. The summed E-state index contributed by atoms with van der Waals surface area (Å²) in [6.07, 6.45) is -0.522. The number of hydrogen-bond donors (Lipinski definition) is 1. The van der Waals surface area contributed by atoms with Crippen molar-refractivity contribution >= 4 is 33.4 Å². The Hall–Kier alpha value is -1.51. The Bertz CT molecular complexity index is 636. The third-order valence-electron chi connectivity index (χ3n) is 3.25. The standard InChI is InChI=1S/C15H14ClNO/c16-9-11(18)10-17-14-7-3-1-5-12(14)13-6-2-4-8-15(13)17/h1-8,11,18H,9-10H2/t11-/m1/s1. The van der Waals surface area contributed by atoms with E-state index in [0.29, 0.717) is 6.54 Å². The smallest absolute Gasteiger partial charge is 0.0854 e. The van der Waals surface area contributed by atoms with Gasteiger partial charge >= 0.3 is 0 Å². The molecule has 18 heavy (non-hydrogen) atoms. The molecule has 0 spiro atoms. The highest BCUT2D eigenvalue weighted by Gasteiger charge is 2.12. The van der Waals surface area contributed by atoms with Crippen LogP contribution in [0.2, 0.25) is 0 Å². The fraction of sp³-hybridized carbons (Fsp3) is 0.200. The van der Waals surface area contributed by atoms with Gasteiger partial charge in [0.15, 0.2) is 0 Å². The van der Waals surface area contributed by atoms with Crippen molar-refractivity contribution in [1.29, 1.82) is 0 Å². The molecule has 0 unspecified atom stereocenters. The molecule has 1 heterocycles. The van der Waals surface area contributed by atoms with Crippen molar-refractivity contribution < 1.29 is 5.11 Å². The molecule has 2 nitrogen and oxygen atoms in total. The Morgan fingerprint density at radius 1 is 0.944 bits per heavy atom. The molecule has 0 aliphatic carbocycles. The van der Waals surface area contributed by atoms with Crippen molar-refractivity contribution in [1.82, 2.24) is 4.57 Å². The summed E-state index contributed by atoms with van der Waals surface area (Å²) in [4.78, 5) is 0. The number of hydrogen-bond acceptors (Lipinski definition) is 1. The van der Waals surface area contributed by atoms with E-state index in [4.69, 9.17) is 11.6 Å². The topological polar surface area (TPSA) is 25.2 Å². The molecular formula is C15H14ClNO. The van der Waals surface area contributed by atoms with Crippen LogP contribution in [0.3, 0.4) is 0 Å². The molecule has 3 aromatic rings. The van der Waals surface area contributed by atoms with Crippen molar-refractivity contribution in [3.05, 3.63) is 48.5 Å². The van der Waals surface area contributed by atoms with Gasteiger partial charge in [-0.05, 0) is 12.1 Å². The maximum absolute atomic E-state index is 9.80. The van der Waals surface area contributed by atoms with E-state index in [-0.39, 0.29) is 5.88 Å². The normalized spacial score (nSPS) is 13.2. The summed E-state index contributed by atoms with van der Waals surface area (Å²) in [6.45, 7) is 0.525. The number of fused-ring (bicyclic) bond motifs is 3. The van der Waals surface area contributed by atoms with Gasteiger partial charge in [-0.15, -0.1) is 11.6 Å². The van der Waals surface area contributed by atoms with Crippen LogP contribution in [-0.4, -0.2) is 21.7 Å². The number of nitrogens with zero attached hydrogens (tertiary/aromatic N) is 1. The predicted octanol–water partition coefficient (Wildman–Crippen LogP) is 3.39. The van der Waals surface area contributed by atoms with Crippen LogP contribution in [0.1, 0.15) is 0 Å². The summed E-state index contributed by atoms with van der Waals surface area (Å²) in [5, 5.41) is 12.2. The van der Waals surface area contributed by atoms with Gasteiger partial charge < -0.3 is 9.67 Å². The number of rotatable bonds is 3. The second kappa shape index (κ2) is 4.63. The summed E-state index contributed by atoms with van der Waals surface area (Å²) in [6, 6.07) is 16.5. The monoisotopic (exact) mass is 259 g/mol. The van der Waals surface area contributed by atoms with Gasteiger partial charge in [-0.3, -0.25) is 0 Å². The Balaban J connectivity index is 2.31. The van der Waals surface area contributed by atoms with E-state index in [9.17, 15) is 5.11 Å². The zero-order valence-corrected chi connectivity index (χ0v) is 10.6. The quantitative estimate of drug-likeness (QED) is 0.717. The molecular weight excluding hydrogens is 246 g/mol. The molecule has 1 atom stereocenters. The van der Waals surface area contributed by atoms with Crippen LogP contribution in [0.25, 0.3) is 21.8 Å². The molecule has 0 aliphatic rings. The van der Waals surface area contributed by atoms with Gasteiger partial charge in [0, 0.05) is 21.8 Å². The lowest BCUT2D eigenvalue weighted by molar-refractivity contribution is 0.180. The first-order chi connectivity index (χ1) is 8.81. The molecule has 0 saturated carbocycles. The molecule has 1 N–H and O–H groups in total. The highest BCUT2D eigenvalue weighted by molar-refractivity contribution is 6.18. The van der Waals surface area contributed by atoms with Gasteiger partial charge in [0.25, 0.3) is 0 Å². The number of benzene rings is 2. The molecule has 92 valence electrons. The van der Waals surface area contributed by atoms with Crippen molar-refractivity contribution in [3.63, 3.8) is 0 Å². The number of aliphatic hydroxyl groups is 1. The van der Waals surface area contributed by atoms with Crippen LogP contribution in [0.15, 0.2) is 48.5 Å². The Labute approximate surface area is 110 Å². The maximum Gasteiger partial charge on any atom is 0.0854 e. The van der Waals surface area contributed by atoms with Crippen molar-refractivity contribution in [3.8, 4) is 0 Å². The first kappa shape index (κ1) is 11.6. The summed E-state index contributed by atoms with van der Waals surface area (Å²) >= 11 is 5.71. The third-order valence-corrected chi connectivity index (χ3v) is 3.61. The third kappa shape index (κ3) is 1.78. The van der Waals surface area contributed by atoms with E-state index in [1.54, 1.807) is 0 Å². The zero-order chi connectivity index (χ0) is 12.5. The van der Waals surface area contributed by atoms with Gasteiger partial charge in [0.1, 0.15) is 0 Å². The molecule has 0 bridgehead atoms. The van der Waals surface area contributed by atoms with E-state index in [1.165, 1.54) is 10.8 Å². The fourth-order valence-corrected chi connectivity index (χ4v) is 2.56. The number of aliphatic hydroxyl groups excluding tert-OH is 1. The minimum absolute atomic E-state index is 0.251. The maximum atomic E-state index is 9.80. The molecule has 0 saturated heterocycles. The van der Waals surface area contributed by atoms with Crippen LogP contribution in [-0.2, 0) is 6.54 Å². The number of para-hydroxylation sites is 2. The zero-order valence-electron chi connectivity index (χ0n) is 9.88. The lowest BCUT2D eigenvalue weighted by Gasteiger charge is -2.11. The molecule has 0 fully saturated rings. The predicted molar refractivity (Wildman–Crippen MR) is 76.2 cm³/mol. The summed E-state index contributed by atoms with van der Waals surface area (Å²) < 4.78 is 2.14. The minimum Gasteiger partial charge on any atom is -0.390 e. The van der Waals surface area contributed by atoms with Crippen molar-refractivity contribution in [2.75, 3.05) is 5.88 Å². The second-order valence-corrected chi connectivity index (χ2v) is 4.76. The highest BCUT2D eigenvalue weighted by atomic mass is 35.5. The SMILES string of the molecule is O[C@H](CCl)Cn1c2ccccc2c2ccccc21. The molecule has 0 amide bonds. The average molecular weight is 260 g/mol. The van der Waals surface area contributed by atoms with Crippen molar-refractivity contribution in [2.24, 2.45) is 0 Å². The van der Waals surface area contributed by atoms with Crippen LogP contribution in [0, 0.1) is 0 Å². The summed E-state index contributed by atoms with van der Waals surface area (Å²) in [5.41, 5.74) is 2.28. The van der Waals surface area contributed by atoms with Gasteiger partial charge in [0.2, 0.25) is 0 Å². The number of halogens is 1. The first-order valence-electron chi connectivity index (χ1n) is 6.01.